The first-order valence-electron chi connectivity index (χ1n) is 4.13. The molecule has 0 saturated heterocycles. The first kappa shape index (κ1) is 13.2. The summed E-state index contributed by atoms with van der Waals surface area (Å²) >= 11 is 0. The van der Waals surface area contributed by atoms with Gasteiger partial charge in [0.15, 0.2) is 0 Å². The standard InChI is InChI=1S/C7H16ClNO3S/c1-4-7(2)9(5-6-12-3)13(8,10)11/h7H,4-6H2,1-3H3. The minimum Gasteiger partial charge on any atom is -0.383 e. The molecule has 0 aromatic heterocycles. The van der Waals surface area contributed by atoms with E-state index in [0.717, 1.165) is 6.42 Å². The Morgan fingerprint density at radius 1 is 1.54 bits per heavy atom. The van der Waals surface area contributed by atoms with Gasteiger partial charge in [0, 0.05) is 30.4 Å². The molecule has 0 aliphatic rings. The van der Waals surface area contributed by atoms with E-state index in [9.17, 15) is 8.42 Å². The average Bonchev–Trinajstić information content (AvgIpc) is 2.02. The van der Waals surface area contributed by atoms with Gasteiger partial charge in [-0.1, -0.05) is 6.92 Å². The van der Waals surface area contributed by atoms with Crippen molar-refractivity contribution < 1.29 is 13.2 Å². The third-order valence-corrected chi connectivity index (χ3v) is 3.51. The molecular formula is C7H16ClNO3S. The highest BCUT2D eigenvalue weighted by Crippen LogP contribution is 2.13. The Hall–Kier alpha value is 0.160. The van der Waals surface area contributed by atoms with Gasteiger partial charge in [-0.15, -0.1) is 0 Å². The summed E-state index contributed by atoms with van der Waals surface area (Å²) in [4.78, 5) is 0. The van der Waals surface area contributed by atoms with E-state index in [1.165, 1.54) is 11.4 Å². The van der Waals surface area contributed by atoms with Crippen molar-refractivity contribution >= 4 is 19.9 Å². The number of halogens is 1. The Balaban J connectivity index is 4.38. The van der Waals surface area contributed by atoms with Gasteiger partial charge in [0.05, 0.1) is 6.61 Å². The Morgan fingerprint density at radius 3 is 2.38 bits per heavy atom. The molecule has 0 bridgehead atoms. The second kappa shape index (κ2) is 5.80. The SMILES string of the molecule is CCC(C)N(CCOC)S(=O)(=O)Cl. The second-order valence-corrected chi connectivity index (χ2v) is 5.27. The fourth-order valence-electron chi connectivity index (χ4n) is 0.929. The highest BCUT2D eigenvalue weighted by molar-refractivity contribution is 8.11. The number of nitrogens with zero attached hydrogens (tertiary/aromatic N) is 1. The summed E-state index contributed by atoms with van der Waals surface area (Å²) in [5, 5.41) is 0. The Kier molecular flexibility index (Phi) is 5.87. The molecule has 0 heterocycles. The van der Waals surface area contributed by atoms with Crippen LogP contribution in [0.1, 0.15) is 20.3 Å². The lowest BCUT2D eigenvalue weighted by Crippen LogP contribution is -2.37. The topological polar surface area (TPSA) is 46.6 Å². The highest BCUT2D eigenvalue weighted by Gasteiger charge is 2.23. The normalized spacial score (nSPS) is 14.8. The van der Waals surface area contributed by atoms with Crippen LogP contribution in [0.25, 0.3) is 0 Å². The monoisotopic (exact) mass is 229 g/mol. The van der Waals surface area contributed by atoms with Crippen LogP contribution >= 0.6 is 10.7 Å². The van der Waals surface area contributed by atoms with E-state index < -0.39 is 9.24 Å². The molecule has 0 fully saturated rings. The van der Waals surface area contributed by atoms with Crippen molar-refractivity contribution in [3.8, 4) is 0 Å². The maximum absolute atomic E-state index is 11.1. The van der Waals surface area contributed by atoms with Crippen LogP contribution in [0, 0.1) is 0 Å². The predicted octanol–water partition coefficient (Wildman–Crippen LogP) is 1.22. The summed E-state index contributed by atoms with van der Waals surface area (Å²) in [6.07, 6.45) is 0.732. The first-order valence-corrected chi connectivity index (χ1v) is 6.40. The molecule has 0 aliphatic heterocycles. The Labute approximate surface area is 84.4 Å². The molecule has 0 aromatic carbocycles. The van der Waals surface area contributed by atoms with Crippen LogP contribution < -0.4 is 0 Å². The molecule has 0 radical (unpaired) electrons. The van der Waals surface area contributed by atoms with Crippen molar-refractivity contribution in [2.24, 2.45) is 0 Å². The summed E-state index contributed by atoms with van der Waals surface area (Å²) in [6.45, 7) is 4.38. The van der Waals surface area contributed by atoms with Gasteiger partial charge < -0.3 is 4.74 Å². The molecule has 6 heteroatoms. The van der Waals surface area contributed by atoms with E-state index in [0.29, 0.717) is 13.2 Å². The van der Waals surface area contributed by atoms with Crippen molar-refractivity contribution in [1.29, 1.82) is 0 Å². The molecule has 0 aromatic rings. The van der Waals surface area contributed by atoms with Gasteiger partial charge in [0.1, 0.15) is 0 Å². The fraction of sp³-hybridized carbons (Fsp3) is 1.00. The van der Waals surface area contributed by atoms with Gasteiger partial charge in [-0.05, 0) is 13.3 Å². The summed E-state index contributed by atoms with van der Waals surface area (Å²) in [6, 6.07) is -0.0855. The number of hydrogen-bond donors (Lipinski definition) is 0. The van der Waals surface area contributed by atoms with Crippen LogP contribution in [0.2, 0.25) is 0 Å². The Bertz CT molecular complexity index is 230. The van der Waals surface area contributed by atoms with Crippen LogP contribution in [0.15, 0.2) is 0 Å². The minimum atomic E-state index is -3.62. The molecule has 0 N–H and O–H groups in total. The maximum Gasteiger partial charge on any atom is 0.300 e. The first-order chi connectivity index (χ1) is 5.93. The zero-order valence-corrected chi connectivity index (χ0v) is 9.73. The zero-order valence-electron chi connectivity index (χ0n) is 8.16. The summed E-state index contributed by atoms with van der Waals surface area (Å²) in [5.74, 6) is 0. The van der Waals surface area contributed by atoms with Gasteiger partial charge in [0.25, 0.3) is 9.24 Å². The fourth-order valence-corrected chi connectivity index (χ4v) is 2.42. The van der Waals surface area contributed by atoms with Crippen LogP contribution in [-0.2, 0) is 14.0 Å². The largest absolute Gasteiger partial charge is 0.383 e. The van der Waals surface area contributed by atoms with E-state index in [2.05, 4.69) is 0 Å². The number of ether oxygens (including phenoxy) is 1. The molecule has 4 nitrogen and oxygen atoms in total. The van der Waals surface area contributed by atoms with Gasteiger partial charge >= 0.3 is 0 Å². The Morgan fingerprint density at radius 2 is 2.08 bits per heavy atom. The molecular weight excluding hydrogens is 214 g/mol. The quantitative estimate of drug-likeness (QED) is 0.644. The number of methoxy groups -OCH3 is 1. The maximum atomic E-state index is 11.1. The molecule has 13 heavy (non-hydrogen) atoms. The van der Waals surface area contributed by atoms with Crippen molar-refractivity contribution in [2.45, 2.75) is 26.3 Å². The van der Waals surface area contributed by atoms with Crippen LogP contribution in [0.3, 0.4) is 0 Å². The lowest BCUT2D eigenvalue weighted by molar-refractivity contribution is 0.168. The average molecular weight is 230 g/mol. The van der Waals surface area contributed by atoms with E-state index in [1.807, 2.05) is 13.8 Å². The van der Waals surface area contributed by atoms with Crippen LogP contribution in [0.5, 0.6) is 0 Å². The van der Waals surface area contributed by atoms with Crippen molar-refractivity contribution in [3.63, 3.8) is 0 Å². The smallest absolute Gasteiger partial charge is 0.300 e. The highest BCUT2D eigenvalue weighted by atomic mass is 35.7. The van der Waals surface area contributed by atoms with Crippen molar-refractivity contribution in [3.05, 3.63) is 0 Å². The summed E-state index contributed by atoms with van der Waals surface area (Å²) < 4.78 is 28.2. The molecule has 80 valence electrons. The molecule has 0 saturated carbocycles. The molecule has 0 aliphatic carbocycles. The van der Waals surface area contributed by atoms with Crippen LogP contribution in [-0.4, -0.2) is 39.0 Å². The van der Waals surface area contributed by atoms with Crippen molar-refractivity contribution in [2.75, 3.05) is 20.3 Å². The van der Waals surface area contributed by atoms with Gasteiger partial charge in [-0.3, -0.25) is 0 Å². The van der Waals surface area contributed by atoms with E-state index in [4.69, 9.17) is 15.4 Å². The van der Waals surface area contributed by atoms with E-state index in [-0.39, 0.29) is 6.04 Å². The lowest BCUT2D eigenvalue weighted by atomic mass is 10.3. The number of hydrogen-bond acceptors (Lipinski definition) is 3. The van der Waals surface area contributed by atoms with E-state index >= 15 is 0 Å². The van der Waals surface area contributed by atoms with Gasteiger partial charge in [0.2, 0.25) is 0 Å². The van der Waals surface area contributed by atoms with Gasteiger partial charge in [-0.2, -0.15) is 12.7 Å². The molecule has 0 amide bonds. The molecule has 0 rings (SSSR count). The van der Waals surface area contributed by atoms with Gasteiger partial charge in [-0.25, -0.2) is 0 Å². The molecule has 1 unspecified atom stereocenters. The minimum absolute atomic E-state index is 0.0855. The number of rotatable bonds is 6. The third kappa shape index (κ3) is 4.81. The van der Waals surface area contributed by atoms with Crippen LogP contribution in [0.4, 0.5) is 0 Å². The molecule has 1 atom stereocenters. The predicted molar refractivity (Wildman–Crippen MR) is 53.1 cm³/mol. The van der Waals surface area contributed by atoms with Crippen molar-refractivity contribution in [1.82, 2.24) is 4.31 Å². The zero-order chi connectivity index (χ0) is 10.5. The summed E-state index contributed by atoms with van der Waals surface area (Å²) in [7, 11) is 3.15. The molecule has 0 spiro atoms. The summed E-state index contributed by atoms with van der Waals surface area (Å²) in [5.41, 5.74) is 0. The second-order valence-electron chi connectivity index (χ2n) is 2.80. The third-order valence-electron chi connectivity index (χ3n) is 1.88. The lowest BCUT2D eigenvalue weighted by Gasteiger charge is -2.23. The van der Waals surface area contributed by atoms with E-state index in [1.54, 1.807) is 0 Å².